The van der Waals surface area contributed by atoms with E-state index in [4.69, 9.17) is 0 Å². The predicted molar refractivity (Wildman–Crippen MR) is 61.0 cm³/mol. The molecule has 1 unspecified atom stereocenters. The Morgan fingerprint density at radius 3 is 2.94 bits per heavy atom. The summed E-state index contributed by atoms with van der Waals surface area (Å²) in [5.74, 6) is 0.214. The molecule has 88 valence electrons. The molecule has 1 amide bonds. The highest BCUT2D eigenvalue weighted by Gasteiger charge is 2.27. The average molecular weight is 222 g/mol. The Morgan fingerprint density at radius 2 is 2.38 bits per heavy atom. The summed E-state index contributed by atoms with van der Waals surface area (Å²) in [6.07, 6.45) is 5.71. The first-order chi connectivity index (χ1) is 7.66. The van der Waals surface area contributed by atoms with E-state index in [1.807, 2.05) is 26.5 Å². The van der Waals surface area contributed by atoms with Crippen LogP contribution in [0.25, 0.3) is 0 Å². The Morgan fingerprint density at radius 1 is 1.56 bits per heavy atom. The van der Waals surface area contributed by atoms with Crippen LogP contribution in [0.15, 0.2) is 12.4 Å². The van der Waals surface area contributed by atoms with Crippen LogP contribution in [0.1, 0.15) is 12.0 Å². The number of aryl methyl sites for hydroxylation is 1. The van der Waals surface area contributed by atoms with Crippen molar-refractivity contribution in [3.05, 3.63) is 18.0 Å². The molecule has 1 aliphatic heterocycles. The minimum Gasteiger partial charge on any atom is -0.344 e. The Bertz CT molecular complexity index is 374. The molecule has 2 rings (SSSR count). The van der Waals surface area contributed by atoms with Gasteiger partial charge in [-0.2, -0.15) is 5.10 Å². The number of amides is 1. The number of rotatable bonds is 4. The monoisotopic (exact) mass is 222 g/mol. The molecule has 1 aromatic heterocycles. The highest BCUT2D eigenvalue weighted by atomic mass is 16.2. The fraction of sp³-hybridized carbons (Fsp3) is 0.636. The van der Waals surface area contributed by atoms with Gasteiger partial charge >= 0.3 is 0 Å². The summed E-state index contributed by atoms with van der Waals surface area (Å²) >= 11 is 0. The molecular weight excluding hydrogens is 204 g/mol. The van der Waals surface area contributed by atoms with Gasteiger partial charge in [-0.1, -0.05) is 0 Å². The van der Waals surface area contributed by atoms with Crippen molar-refractivity contribution in [2.24, 2.45) is 7.05 Å². The lowest BCUT2D eigenvalue weighted by molar-refractivity contribution is -0.128. The Kier molecular flexibility index (Phi) is 3.24. The lowest BCUT2D eigenvalue weighted by Crippen LogP contribution is -2.37. The molecule has 1 aliphatic rings. The van der Waals surface area contributed by atoms with E-state index in [2.05, 4.69) is 10.4 Å². The number of likely N-dealkylation sites (tertiary alicyclic amines) is 1. The normalized spacial score (nSPS) is 20.8. The third kappa shape index (κ3) is 2.41. The Hall–Kier alpha value is -1.36. The van der Waals surface area contributed by atoms with Gasteiger partial charge < -0.3 is 10.2 Å². The van der Waals surface area contributed by atoms with E-state index in [1.54, 1.807) is 9.58 Å². The molecule has 5 nitrogen and oxygen atoms in total. The van der Waals surface area contributed by atoms with Crippen molar-refractivity contribution >= 4 is 5.91 Å². The molecule has 1 saturated heterocycles. The molecule has 0 spiro atoms. The van der Waals surface area contributed by atoms with Gasteiger partial charge in [-0.05, 0) is 18.4 Å². The number of hydrogen-bond acceptors (Lipinski definition) is 3. The van der Waals surface area contributed by atoms with Gasteiger partial charge in [0.15, 0.2) is 0 Å². The van der Waals surface area contributed by atoms with Crippen LogP contribution in [-0.2, 0) is 18.3 Å². The van der Waals surface area contributed by atoms with Crippen LogP contribution in [0.3, 0.4) is 0 Å². The molecule has 0 radical (unpaired) electrons. The lowest BCUT2D eigenvalue weighted by atomic mass is 10.2. The Labute approximate surface area is 95.4 Å². The van der Waals surface area contributed by atoms with Crippen molar-refractivity contribution in [3.8, 4) is 0 Å². The van der Waals surface area contributed by atoms with Crippen molar-refractivity contribution in [1.29, 1.82) is 0 Å². The molecule has 0 saturated carbocycles. The van der Waals surface area contributed by atoms with Crippen LogP contribution in [0, 0.1) is 0 Å². The van der Waals surface area contributed by atoms with E-state index in [0.29, 0.717) is 0 Å². The van der Waals surface area contributed by atoms with E-state index >= 15 is 0 Å². The van der Waals surface area contributed by atoms with Gasteiger partial charge in [-0.25, -0.2) is 0 Å². The molecular formula is C11H18N4O. The average Bonchev–Trinajstić information content (AvgIpc) is 2.79. The molecule has 0 bridgehead atoms. The molecule has 16 heavy (non-hydrogen) atoms. The lowest BCUT2D eigenvalue weighted by Gasteiger charge is -2.11. The first-order valence-corrected chi connectivity index (χ1v) is 5.62. The van der Waals surface area contributed by atoms with Crippen molar-refractivity contribution in [1.82, 2.24) is 20.0 Å². The molecule has 1 N–H and O–H groups in total. The number of nitrogens with zero attached hydrogens (tertiary/aromatic N) is 3. The van der Waals surface area contributed by atoms with Crippen LogP contribution < -0.4 is 5.32 Å². The van der Waals surface area contributed by atoms with E-state index in [1.165, 1.54) is 5.56 Å². The quantitative estimate of drug-likeness (QED) is 0.766. The highest BCUT2D eigenvalue weighted by molar-refractivity contribution is 5.83. The van der Waals surface area contributed by atoms with Gasteiger partial charge in [0.2, 0.25) is 5.91 Å². The maximum absolute atomic E-state index is 11.6. The fourth-order valence-corrected chi connectivity index (χ4v) is 2.00. The van der Waals surface area contributed by atoms with Crippen LogP contribution in [0.2, 0.25) is 0 Å². The third-order valence-electron chi connectivity index (χ3n) is 2.99. The number of likely N-dealkylation sites (N-methyl/N-ethyl adjacent to an activating group) is 1. The van der Waals surface area contributed by atoms with Gasteiger partial charge in [0.05, 0.1) is 12.2 Å². The van der Waals surface area contributed by atoms with Crippen LogP contribution >= 0.6 is 0 Å². The van der Waals surface area contributed by atoms with Crippen molar-refractivity contribution in [2.45, 2.75) is 18.9 Å². The van der Waals surface area contributed by atoms with E-state index in [-0.39, 0.29) is 11.9 Å². The van der Waals surface area contributed by atoms with Crippen LogP contribution in [-0.4, -0.2) is 46.8 Å². The van der Waals surface area contributed by atoms with Gasteiger partial charge in [0, 0.05) is 33.4 Å². The molecule has 2 heterocycles. The minimum atomic E-state index is 0.0154. The first-order valence-electron chi connectivity index (χ1n) is 5.62. The number of carbonyl (C=O) groups is 1. The van der Waals surface area contributed by atoms with Crippen LogP contribution in [0.4, 0.5) is 0 Å². The summed E-state index contributed by atoms with van der Waals surface area (Å²) in [6.45, 7) is 1.69. The molecule has 1 fully saturated rings. The summed E-state index contributed by atoms with van der Waals surface area (Å²) in [5.41, 5.74) is 1.20. The van der Waals surface area contributed by atoms with Crippen LogP contribution in [0.5, 0.6) is 0 Å². The van der Waals surface area contributed by atoms with Gasteiger partial charge in [0.1, 0.15) is 0 Å². The summed E-state index contributed by atoms with van der Waals surface area (Å²) in [4.78, 5) is 13.4. The number of aromatic nitrogens is 2. The zero-order valence-corrected chi connectivity index (χ0v) is 9.81. The predicted octanol–water partition coefficient (Wildman–Crippen LogP) is -0.217. The molecule has 0 aromatic carbocycles. The summed E-state index contributed by atoms with van der Waals surface area (Å²) in [6, 6.07) is 0.0154. The highest BCUT2D eigenvalue weighted by Crippen LogP contribution is 2.08. The SMILES string of the molecule is CN1CCC(NCCc2cnn(C)c2)C1=O. The largest absolute Gasteiger partial charge is 0.344 e. The standard InChI is InChI=1S/C11H18N4O/c1-14-6-4-10(11(14)16)12-5-3-9-7-13-15(2)8-9/h7-8,10,12H,3-6H2,1-2H3. The van der Waals surface area contributed by atoms with Gasteiger partial charge in [-0.3, -0.25) is 9.48 Å². The smallest absolute Gasteiger partial charge is 0.239 e. The molecule has 1 aromatic rings. The molecule has 0 aliphatic carbocycles. The maximum atomic E-state index is 11.6. The van der Waals surface area contributed by atoms with Gasteiger partial charge in [0.25, 0.3) is 0 Å². The summed E-state index contributed by atoms with van der Waals surface area (Å²) in [7, 11) is 3.76. The Balaban J connectivity index is 1.74. The van der Waals surface area contributed by atoms with Crippen molar-refractivity contribution in [3.63, 3.8) is 0 Å². The summed E-state index contributed by atoms with van der Waals surface area (Å²) < 4.78 is 1.80. The second kappa shape index (κ2) is 4.65. The molecule has 5 heteroatoms. The zero-order valence-electron chi connectivity index (χ0n) is 9.81. The van der Waals surface area contributed by atoms with Crippen molar-refractivity contribution < 1.29 is 4.79 Å². The fourth-order valence-electron chi connectivity index (χ4n) is 2.00. The van der Waals surface area contributed by atoms with E-state index in [0.717, 1.165) is 25.9 Å². The second-order valence-corrected chi connectivity index (χ2v) is 4.33. The van der Waals surface area contributed by atoms with Gasteiger partial charge in [-0.15, -0.1) is 0 Å². The van der Waals surface area contributed by atoms with E-state index < -0.39 is 0 Å². The molecule has 1 atom stereocenters. The van der Waals surface area contributed by atoms with Crippen molar-refractivity contribution in [2.75, 3.05) is 20.1 Å². The second-order valence-electron chi connectivity index (χ2n) is 4.33. The zero-order chi connectivity index (χ0) is 11.5. The first kappa shape index (κ1) is 11.1. The maximum Gasteiger partial charge on any atom is 0.239 e. The summed E-state index contributed by atoms with van der Waals surface area (Å²) in [5, 5.41) is 7.40. The number of carbonyl (C=O) groups excluding carboxylic acids is 1. The number of nitrogens with one attached hydrogen (secondary N) is 1. The number of hydrogen-bond donors (Lipinski definition) is 1. The third-order valence-corrected chi connectivity index (χ3v) is 2.99. The van der Waals surface area contributed by atoms with E-state index in [9.17, 15) is 4.79 Å². The topological polar surface area (TPSA) is 50.2 Å². The minimum absolute atomic E-state index is 0.0154.